The van der Waals surface area contributed by atoms with E-state index in [2.05, 4.69) is 79.1 Å². The van der Waals surface area contributed by atoms with Crippen molar-refractivity contribution in [3.05, 3.63) is 85.1 Å². The van der Waals surface area contributed by atoms with Crippen molar-refractivity contribution in [2.24, 2.45) is 0 Å². The Morgan fingerprint density at radius 3 is 1.22 bits per heavy atom. The van der Waals surface area contributed by atoms with E-state index in [-0.39, 0.29) is 18.5 Å². The van der Waals surface area contributed by atoms with Gasteiger partial charge in [-0.1, -0.05) is 297 Å². The van der Waals surface area contributed by atoms with Gasteiger partial charge in [-0.05, 0) is 116 Å². The first kappa shape index (κ1) is 84.9. The molecule has 0 bridgehead atoms. The van der Waals surface area contributed by atoms with E-state index in [1.54, 1.807) is 6.08 Å². The number of aliphatic hydroxyl groups excluding tert-OH is 5. The number of rotatable bonds is 66. The predicted molar refractivity (Wildman–Crippen MR) is 379 cm³/mol. The maximum Gasteiger partial charge on any atom is 0.305 e. The number of aliphatic hydroxyl groups is 5. The van der Waals surface area contributed by atoms with Gasteiger partial charge in [0.15, 0.2) is 6.29 Å². The average molecular weight is 1260 g/mol. The zero-order chi connectivity index (χ0) is 65.1. The SMILES string of the molecule is C/C=C/CC/C=C/CC/C=C/C(O)C(COC1OC(CO)C(O)C(O)C1O)NC(=O)CCCCCCCCCCCCCCCCCCC/C=C/C/C=C/CCCCCCCCCCCCCOC(=O)CCCCCCCCC/C=C/C/C=C/CCCCCC. The molecule has 7 unspecified atom stereocenters. The molecule has 0 spiro atoms. The van der Waals surface area contributed by atoms with Crippen LogP contribution < -0.4 is 5.32 Å². The van der Waals surface area contributed by atoms with Gasteiger partial charge in [0.05, 0.1) is 32.0 Å². The van der Waals surface area contributed by atoms with Gasteiger partial charge in [-0.2, -0.15) is 0 Å². The molecule has 11 nitrogen and oxygen atoms in total. The van der Waals surface area contributed by atoms with Crippen molar-refractivity contribution in [3.8, 4) is 0 Å². The summed E-state index contributed by atoms with van der Waals surface area (Å²) in [6.07, 6.45) is 83.5. The van der Waals surface area contributed by atoms with Crippen LogP contribution in [0.1, 0.15) is 341 Å². The molecule has 0 aromatic rings. The largest absolute Gasteiger partial charge is 0.466 e. The standard InChI is InChI=1S/C79H141NO10/c1-3-5-7-9-11-13-14-15-16-17-38-41-44-47-51-55-59-63-67-75(84)88-68-64-60-56-52-48-45-42-39-36-34-32-30-28-26-24-22-20-18-19-21-23-25-27-29-31-33-35-37-40-43-46-50-54-58-62-66-74(83)80-71(72(82)65-61-57-53-49-12-10-8-6-4-2)70-89-79-78(87)77(86)76(85)73(69-81)90-79/h4,6,12-14,16-17,20,22,26,28,49,61,65,71-73,76-79,81-82,85-87H,3,5,7-11,15,18-19,21,23-25,27,29-48,50-60,62-64,66-70H2,1-2H3,(H,80,83)/b6-4+,14-13+,17-16+,22-20+,28-26+,49-12+,65-61+. The highest BCUT2D eigenvalue weighted by molar-refractivity contribution is 5.76. The molecule has 1 aliphatic rings. The van der Waals surface area contributed by atoms with Gasteiger partial charge in [-0.15, -0.1) is 0 Å². The fraction of sp³-hybridized carbons (Fsp3) is 0.797. The fourth-order valence-electron chi connectivity index (χ4n) is 11.6. The first-order valence-electron chi connectivity index (χ1n) is 37.8. The van der Waals surface area contributed by atoms with E-state index in [9.17, 15) is 35.1 Å². The van der Waals surface area contributed by atoms with Gasteiger partial charge in [0, 0.05) is 12.8 Å². The molecule has 0 aromatic heterocycles. The molecular formula is C79H141NO10. The average Bonchev–Trinajstić information content (AvgIpc) is 0.957. The third-order valence-corrected chi connectivity index (χ3v) is 17.5. The quantitative estimate of drug-likeness (QED) is 0.0195. The number of unbranched alkanes of at least 4 members (excludes halogenated alkanes) is 41. The second-order valence-electron chi connectivity index (χ2n) is 26.0. The highest BCUT2D eigenvalue weighted by atomic mass is 16.7. The van der Waals surface area contributed by atoms with Gasteiger partial charge in [0.1, 0.15) is 24.4 Å². The van der Waals surface area contributed by atoms with E-state index in [1.165, 1.54) is 238 Å². The van der Waals surface area contributed by atoms with Crippen LogP contribution in [0.5, 0.6) is 0 Å². The maximum atomic E-state index is 13.0. The summed E-state index contributed by atoms with van der Waals surface area (Å²) in [5.74, 6) is -0.195. The number of allylic oxidation sites excluding steroid dienone is 13. The number of carbonyl (C=O) groups is 2. The Morgan fingerprint density at radius 1 is 0.433 bits per heavy atom. The summed E-state index contributed by atoms with van der Waals surface area (Å²) in [7, 11) is 0. The van der Waals surface area contributed by atoms with Crippen LogP contribution in [0.2, 0.25) is 0 Å². The monoisotopic (exact) mass is 1260 g/mol. The van der Waals surface area contributed by atoms with Gasteiger partial charge in [-0.3, -0.25) is 9.59 Å². The summed E-state index contributed by atoms with van der Waals surface area (Å²) in [4.78, 5) is 25.1. The van der Waals surface area contributed by atoms with Crippen LogP contribution in [0.25, 0.3) is 0 Å². The van der Waals surface area contributed by atoms with Crippen molar-refractivity contribution >= 4 is 11.9 Å². The molecule has 522 valence electrons. The third-order valence-electron chi connectivity index (χ3n) is 17.5. The minimum atomic E-state index is -1.58. The third kappa shape index (κ3) is 55.3. The summed E-state index contributed by atoms with van der Waals surface area (Å²) in [5.41, 5.74) is 0. The molecular weight excluding hydrogens is 1120 g/mol. The molecule has 1 heterocycles. The molecule has 11 heteroatoms. The van der Waals surface area contributed by atoms with E-state index in [0.717, 1.165) is 77.0 Å². The Kier molecular flexibility index (Phi) is 63.4. The number of carbonyl (C=O) groups excluding carboxylic acids is 2. The van der Waals surface area contributed by atoms with Crippen molar-refractivity contribution in [3.63, 3.8) is 0 Å². The van der Waals surface area contributed by atoms with Gasteiger partial charge in [0.2, 0.25) is 5.91 Å². The molecule has 0 aromatic carbocycles. The number of ether oxygens (including phenoxy) is 3. The van der Waals surface area contributed by atoms with E-state index in [4.69, 9.17) is 14.2 Å². The fourth-order valence-corrected chi connectivity index (χ4v) is 11.6. The van der Waals surface area contributed by atoms with Gasteiger partial charge >= 0.3 is 5.97 Å². The van der Waals surface area contributed by atoms with Crippen molar-refractivity contribution in [1.29, 1.82) is 0 Å². The van der Waals surface area contributed by atoms with Gasteiger partial charge < -0.3 is 45.1 Å². The number of amides is 1. The molecule has 0 aliphatic carbocycles. The molecule has 1 rings (SSSR count). The van der Waals surface area contributed by atoms with E-state index in [1.807, 2.05) is 19.1 Å². The van der Waals surface area contributed by atoms with Crippen LogP contribution in [0.3, 0.4) is 0 Å². The molecule has 7 atom stereocenters. The van der Waals surface area contributed by atoms with Crippen LogP contribution >= 0.6 is 0 Å². The van der Waals surface area contributed by atoms with Crippen molar-refractivity contribution < 1.29 is 49.3 Å². The molecule has 90 heavy (non-hydrogen) atoms. The summed E-state index contributed by atoms with van der Waals surface area (Å²) in [6, 6.07) is -0.833. The Bertz CT molecular complexity index is 1770. The smallest absolute Gasteiger partial charge is 0.305 e. The Hall–Kier alpha value is -3.16. The van der Waals surface area contributed by atoms with Crippen molar-refractivity contribution in [2.75, 3.05) is 19.8 Å². The normalized spacial score (nSPS) is 18.1. The predicted octanol–water partition coefficient (Wildman–Crippen LogP) is 20.0. The molecule has 1 amide bonds. The van der Waals surface area contributed by atoms with Crippen LogP contribution in [0, 0.1) is 0 Å². The minimum absolute atomic E-state index is 0.00195. The Balaban J connectivity index is 1.89. The van der Waals surface area contributed by atoms with Gasteiger partial charge in [-0.25, -0.2) is 0 Å². The van der Waals surface area contributed by atoms with E-state index < -0.39 is 49.5 Å². The molecule has 0 saturated carbocycles. The lowest BCUT2D eigenvalue weighted by Crippen LogP contribution is -2.60. The number of hydrogen-bond acceptors (Lipinski definition) is 10. The zero-order valence-corrected chi connectivity index (χ0v) is 58.1. The minimum Gasteiger partial charge on any atom is -0.466 e. The Labute approximate surface area is 553 Å². The summed E-state index contributed by atoms with van der Waals surface area (Å²) in [5, 5.41) is 54.2. The van der Waals surface area contributed by atoms with E-state index in [0.29, 0.717) is 19.4 Å². The molecule has 6 N–H and O–H groups in total. The summed E-state index contributed by atoms with van der Waals surface area (Å²) in [6.45, 7) is 4.09. The molecule has 0 radical (unpaired) electrons. The van der Waals surface area contributed by atoms with Gasteiger partial charge in [0.25, 0.3) is 0 Å². The molecule has 1 fully saturated rings. The zero-order valence-electron chi connectivity index (χ0n) is 58.1. The first-order chi connectivity index (χ1) is 44.2. The number of esters is 1. The van der Waals surface area contributed by atoms with Crippen LogP contribution in [-0.4, -0.2) is 100 Å². The molecule has 1 aliphatic heterocycles. The van der Waals surface area contributed by atoms with Crippen molar-refractivity contribution in [1.82, 2.24) is 5.32 Å². The lowest BCUT2D eigenvalue weighted by molar-refractivity contribution is -0.302. The summed E-state index contributed by atoms with van der Waals surface area (Å²) < 4.78 is 16.7. The maximum absolute atomic E-state index is 13.0. The second kappa shape index (κ2) is 67.3. The topological polar surface area (TPSA) is 175 Å². The van der Waals surface area contributed by atoms with Crippen LogP contribution in [-0.2, 0) is 23.8 Å². The highest BCUT2D eigenvalue weighted by Gasteiger charge is 2.44. The highest BCUT2D eigenvalue weighted by Crippen LogP contribution is 2.23. The second-order valence-corrected chi connectivity index (χ2v) is 26.0. The van der Waals surface area contributed by atoms with E-state index >= 15 is 0 Å². The lowest BCUT2D eigenvalue weighted by atomic mass is 9.99. The Morgan fingerprint density at radius 2 is 0.800 bits per heavy atom. The number of hydrogen-bond donors (Lipinski definition) is 6. The number of nitrogens with one attached hydrogen (secondary N) is 1. The lowest BCUT2D eigenvalue weighted by Gasteiger charge is -2.40. The first-order valence-corrected chi connectivity index (χ1v) is 37.8. The summed E-state index contributed by atoms with van der Waals surface area (Å²) >= 11 is 0. The molecule has 1 saturated heterocycles. The van der Waals surface area contributed by atoms with Crippen LogP contribution in [0.4, 0.5) is 0 Å². The van der Waals surface area contributed by atoms with Crippen molar-refractivity contribution in [2.45, 2.75) is 384 Å². The van der Waals surface area contributed by atoms with Crippen LogP contribution in [0.15, 0.2) is 85.1 Å².